The summed E-state index contributed by atoms with van der Waals surface area (Å²) >= 11 is 1.59. The Labute approximate surface area is 111 Å². The molecule has 1 heterocycles. The highest BCUT2D eigenvalue weighted by molar-refractivity contribution is 7.99. The van der Waals surface area contributed by atoms with Gasteiger partial charge in [-0.05, 0) is 13.2 Å². The van der Waals surface area contributed by atoms with Crippen LogP contribution in [-0.4, -0.2) is 53.4 Å². The molecule has 102 valence electrons. The van der Waals surface area contributed by atoms with Crippen molar-refractivity contribution in [2.24, 2.45) is 0 Å². The van der Waals surface area contributed by atoms with Gasteiger partial charge < -0.3 is 19.9 Å². The third-order valence-corrected chi connectivity index (χ3v) is 3.66. The fraction of sp³-hybridized carbons (Fsp3) is 0.636. The lowest BCUT2D eigenvalue weighted by Crippen LogP contribution is -2.31. The molecule has 2 N–H and O–H groups in total. The molecule has 0 aliphatic heterocycles. The van der Waals surface area contributed by atoms with Gasteiger partial charge in [0.05, 0.1) is 26.9 Å². The number of hydrogen-bond donors (Lipinski definition) is 2. The number of aliphatic hydroxyl groups excluding tert-OH is 1. The molecular formula is C11H19N3O3S. The number of rotatable bonds is 7. The zero-order valence-corrected chi connectivity index (χ0v) is 11.8. The Balaban J connectivity index is 2.82. The number of aliphatic hydroxyl groups is 1. The van der Waals surface area contributed by atoms with E-state index in [9.17, 15) is 5.11 Å². The maximum atomic E-state index is 9.22. The topological polar surface area (TPSA) is 76.5 Å². The van der Waals surface area contributed by atoms with Crippen molar-refractivity contribution in [3.63, 3.8) is 0 Å². The Kier molecular flexibility index (Phi) is 6.00. The van der Waals surface area contributed by atoms with Crippen molar-refractivity contribution >= 4 is 17.7 Å². The van der Waals surface area contributed by atoms with Gasteiger partial charge in [0, 0.05) is 11.3 Å². The second kappa shape index (κ2) is 7.27. The van der Waals surface area contributed by atoms with E-state index in [0.29, 0.717) is 17.7 Å². The summed E-state index contributed by atoms with van der Waals surface area (Å²) in [5.41, 5.74) is 0. The minimum absolute atomic E-state index is 0.0295. The van der Waals surface area contributed by atoms with Gasteiger partial charge in [0.15, 0.2) is 0 Å². The number of ether oxygens (including phenoxy) is 2. The Morgan fingerprint density at radius 2 is 1.89 bits per heavy atom. The first kappa shape index (κ1) is 14.8. The molecule has 2 unspecified atom stereocenters. The van der Waals surface area contributed by atoms with Crippen molar-refractivity contribution in [3.05, 3.63) is 6.07 Å². The lowest BCUT2D eigenvalue weighted by atomic mass is 10.2. The van der Waals surface area contributed by atoms with Gasteiger partial charge in [-0.3, -0.25) is 0 Å². The molecule has 7 heteroatoms. The monoisotopic (exact) mass is 273 g/mol. The van der Waals surface area contributed by atoms with Crippen LogP contribution >= 0.6 is 11.8 Å². The van der Waals surface area contributed by atoms with Crippen molar-refractivity contribution in [2.45, 2.75) is 18.2 Å². The number of hydrogen-bond acceptors (Lipinski definition) is 7. The van der Waals surface area contributed by atoms with E-state index in [1.54, 1.807) is 17.8 Å². The van der Waals surface area contributed by atoms with Gasteiger partial charge >= 0.3 is 0 Å². The van der Waals surface area contributed by atoms with E-state index in [2.05, 4.69) is 15.3 Å². The van der Waals surface area contributed by atoms with Crippen LogP contribution in [-0.2, 0) is 0 Å². The van der Waals surface area contributed by atoms with Gasteiger partial charge in [-0.25, -0.2) is 0 Å². The zero-order chi connectivity index (χ0) is 13.5. The zero-order valence-electron chi connectivity index (χ0n) is 11.0. The second-order valence-electron chi connectivity index (χ2n) is 3.67. The van der Waals surface area contributed by atoms with Crippen LogP contribution in [0.2, 0.25) is 0 Å². The lowest BCUT2D eigenvalue weighted by molar-refractivity contribution is 0.288. The Morgan fingerprint density at radius 1 is 1.33 bits per heavy atom. The Morgan fingerprint density at radius 3 is 2.28 bits per heavy atom. The summed E-state index contributed by atoms with van der Waals surface area (Å²) in [6.45, 7) is 2.06. The van der Waals surface area contributed by atoms with Crippen molar-refractivity contribution < 1.29 is 14.6 Å². The number of anilines is 1. The second-order valence-corrected chi connectivity index (χ2v) is 4.74. The van der Waals surface area contributed by atoms with Crippen LogP contribution < -0.4 is 14.8 Å². The first-order chi connectivity index (χ1) is 8.64. The average molecular weight is 273 g/mol. The SMILES string of the molecule is COc1cc(OC)nc(NC(C)C(CO)SC)n1. The minimum Gasteiger partial charge on any atom is -0.481 e. The van der Waals surface area contributed by atoms with Crippen LogP contribution in [0.1, 0.15) is 6.92 Å². The van der Waals surface area contributed by atoms with Crippen LogP contribution in [0.3, 0.4) is 0 Å². The molecule has 0 fully saturated rings. The van der Waals surface area contributed by atoms with Gasteiger partial charge in [0.25, 0.3) is 0 Å². The van der Waals surface area contributed by atoms with Crippen molar-refractivity contribution in [2.75, 3.05) is 32.4 Å². The van der Waals surface area contributed by atoms with E-state index in [1.165, 1.54) is 14.2 Å². The lowest BCUT2D eigenvalue weighted by Gasteiger charge is -2.21. The highest BCUT2D eigenvalue weighted by Gasteiger charge is 2.16. The summed E-state index contributed by atoms with van der Waals surface area (Å²) in [6, 6.07) is 1.63. The summed E-state index contributed by atoms with van der Waals surface area (Å²) < 4.78 is 10.1. The Bertz CT molecular complexity index is 352. The normalized spacial score (nSPS) is 13.8. The molecule has 0 bridgehead atoms. The van der Waals surface area contributed by atoms with Crippen LogP contribution in [0.5, 0.6) is 11.8 Å². The summed E-state index contributed by atoms with van der Waals surface area (Å²) in [5.74, 6) is 1.29. The average Bonchev–Trinajstić information content (AvgIpc) is 2.39. The maximum absolute atomic E-state index is 9.22. The molecule has 0 radical (unpaired) electrons. The van der Waals surface area contributed by atoms with Crippen LogP contribution in [0, 0.1) is 0 Å². The third-order valence-electron chi connectivity index (χ3n) is 2.49. The molecule has 0 saturated heterocycles. The quantitative estimate of drug-likeness (QED) is 0.768. The summed E-state index contributed by atoms with van der Waals surface area (Å²) in [4.78, 5) is 8.35. The van der Waals surface area contributed by atoms with Crippen LogP contribution in [0.15, 0.2) is 6.07 Å². The molecule has 0 aromatic carbocycles. The van der Waals surface area contributed by atoms with Crippen molar-refractivity contribution in [1.82, 2.24) is 9.97 Å². The largest absolute Gasteiger partial charge is 0.481 e. The minimum atomic E-state index is 0.0295. The van der Waals surface area contributed by atoms with E-state index >= 15 is 0 Å². The number of nitrogens with one attached hydrogen (secondary N) is 1. The molecule has 18 heavy (non-hydrogen) atoms. The predicted octanol–water partition coefficient (Wildman–Crippen LogP) is 1.02. The standard InChI is InChI=1S/C11H19N3O3S/c1-7(8(6-15)18-4)12-11-13-9(16-2)5-10(14-11)17-3/h5,7-8,15H,6H2,1-4H3,(H,12,13,14). The van der Waals surface area contributed by atoms with E-state index in [1.807, 2.05) is 13.2 Å². The first-order valence-corrected chi connectivity index (χ1v) is 6.80. The summed E-state index contributed by atoms with van der Waals surface area (Å²) in [5, 5.41) is 12.4. The highest BCUT2D eigenvalue weighted by Crippen LogP contribution is 2.19. The highest BCUT2D eigenvalue weighted by atomic mass is 32.2. The maximum Gasteiger partial charge on any atom is 0.229 e. The third kappa shape index (κ3) is 3.92. The van der Waals surface area contributed by atoms with Gasteiger partial charge in [-0.15, -0.1) is 0 Å². The van der Waals surface area contributed by atoms with E-state index in [0.717, 1.165) is 0 Å². The van der Waals surface area contributed by atoms with E-state index in [-0.39, 0.29) is 17.9 Å². The van der Waals surface area contributed by atoms with E-state index < -0.39 is 0 Å². The molecule has 1 aromatic heterocycles. The van der Waals surface area contributed by atoms with Crippen LogP contribution in [0.4, 0.5) is 5.95 Å². The summed E-state index contributed by atoms with van der Waals surface area (Å²) in [6.07, 6.45) is 1.95. The van der Waals surface area contributed by atoms with E-state index in [4.69, 9.17) is 9.47 Å². The molecule has 1 aromatic rings. The molecule has 6 nitrogen and oxygen atoms in total. The molecule has 1 rings (SSSR count). The number of thioether (sulfide) groups is 1. The fourth-order valence-electron chi connectivity index (χ4n) is 1.41. The Hall–Kier alpha value is -1.21. The molecule has 0 spiro atoms. The van der Waals surface area contributed by atoms with Crippen LogP contribution in [0.25, 0.3) is 0 Å². The number of aromatic nitrogens is 2. The smallest absolute Gasteiger partial charge is 0.229 e. The van der Waals surface area contributed by atoms with Gasteiger partial charge in [0.2, 0.25) is 17.7 Å². The van der Waals surface area contributed by atoms with Gasteiger partial charge in [0.1, 0.15) is 0 Å². The first-order valence-electron chi connectivity index (χ1n) is 5.51. The van der Waals surface area contributed by atoms with Crippen molar-refractivity contribution in [3.8, 4) is 11.8 Å². The fourth-order valence-corrected chi connectivity index (χ4v) is 2.04. The molecule has 0 aliphatic carbocycles. The number of methoxy groups -OCH3 is 2. The van der Waals surface area contributed by atoms with Gasteiger partial charge in [-0.2, -0.15) is 21.7 Å². The van der Waals surface area contributed by atoms with Crippen molar-refractivity contribution in [1.29, 1.82) is 0 Å². The molecule has 0 amide bonds. The molecular weight excluding hydrogens is 254 g/mol. The number of nitrogens with zero attached hydrogens (tertiary/aromatic N) is 2. The summed E-state index contributed by atoms with van der Waals surface area (Å²) in [7, 11) is 3.07. The molecule has 0 aliphatic rings. The predicted molar refractivity (Wildman–Crippen MR) is 72.6 cm³/mol. The molecule has 2 atom stereocenters. The molecule has 0 saturated carbocycles. The van der Waals surface area contributed by atoms with Gasteiger partial charge in [-0.1, -0.05) is 0 Å².